The maximum Gasteiger partial charge on any atom is 0.326 e. The Labute approximate surface area is 237 Å². The van der Waals surface area contributed by atoms with E-state index in [0.29, 0.717) is 11.0 Å². The van der Waals surface area contributed by atoms with Gasteiger partial charge in [-0.1, -0.05) is 95.9 Å². The Balaban J connectivity index is 1.79. The lowest BCUT2D eigenvalue weighted by atomic mass is 9.97. The van der Waals surface area contributed by atoms with Crippen LogP contribution < -0.4 is 0 Å². The van der Waals surface area contributed by atoms with Crippen LogP contribution in [0.2, 0.25) is 0 Å². The van der Waals surface area contributed by atoms with E-state index in [4.69, 9.17) is 23.1 Å². The molecule has 0 aliphatic rings. The normalized spacial score (nSPS) is 10.8. The predicted octanol–water partition coefficient (Wildman–Crippen LogP) is 6.85. The molecule has 0 N–H and O–H groups in total. The number of fused-ring (bicyclic) bond motifs is 7. The van der Waals surface area contributed by atoms with Gasteiger partial charge in [-0.15, -0.1) is 0 Å². The Hall–Kier alpha value is -6.88. The van der Waals surface area contributed by atoms with Gasteiger partial charge >= 0.3 is 11.6 Å². The van der Waals surface area contributed by atoms with Gasteiger partial charge in [0.2, 0.25) is 0 Å². The van der Waals surface area contributed by atoms with Crippen LogP contribution in [0.1, 0.15) is 11.6 Å². The second-order valence-electron chi connectivity index (χ2n) is 9.15. The molecule has 0 fully saturated rings. The quantitative estimate of drug-likeness (QED) is 0.133. The van der Waals surface area contributed by atoms with Crippen LogP contribution in [0.3, 0.4) is 0 Å². The van der Waals surface area contributed by atoms with Gasteiger partial charge in [-0.2, -0.15) is 20.5 Å². The number of rotatable bonds is 2. The van der Waals surface area contributed by atoms with Crippen molar-refractivity contribution in [3.63, 3.8) is 0 Å². The van der Waals surface area contributed by atoms with E-state index in [0.717, 1.165) is 22.3 Å². The smallest absolute Gasteiger partial charge is 0.326 e. The summed E-state index contributed by atoms with van der Waals surface area (Å²) in [5.41, 5.74) is 5.35. The van der Waals surface area contributed by atoms with E-state index < -0.39 is 0 Å². The van der Waals surface area contributed by atoms with Crippen LogP contribution in [0.5, 0.6) is 0 Å². The number of hydrogen-bond donors (Lipinski definition) is 0. The minimum atomic E-state index is -0.249. The molecule has 10 nitrogen and oxygen atoms in total. The fourth-order valence-electron chi connectivity index (χ4n) is 5.12. The topological polar surface area (TPSA) is 134 Å². The van der Waals surface area contributed by atoms with Crippen LogP contribution in [-0.2, 0) is 0 Å². The van der Waals surface area contributed by atoms with Crippen LogP contribution in [0, 0.1) is 35.8 Å². The standard InChI is InChI=1S/C32H12N10/c1-35-31-23-27(37-21(15-33)39-31)28-24(32(36-2)40-22(16-34)38-28)30-29(23)41-25-19(17-9-5-3-6-10-17)13-14-20(26(25)42-30)18-11-7-4-8-12-18/h3-14H. The molecule has 7 aromatic rings. The molecule has 0 atom stereocenters. The minimum absolute atomic E-state index is 0.112. The van der Waals surface area contributed by atoms with Crippen molar-refractivity contribution in [2.24, 2.45) is 0 Å². The van der Waals surface area contributed by atoms with Gasteiger partial charge in [0.05, 0.1) is 43.9 Å². The molecular weight excluding hydrogens is 524 g/mol. The average Bonchev–Trinajstić information content (AvgIpc) is 3.06. The lowest BCUT2D eigenvalue weighted by molar-refractivity contribution is 1.15. The summed E-state index contributed by atoms with van der Waals surface area (Å²) in [4.78, 5) is 34.4. The highest BCUT2D eigenvalue weighted by Crippen LogP contribution is 2.42. The van der Waals surface area contributed by atoms with Gasteiger partial charge in [-0.05, 0) is 11.1 Å². The van der Waals surface area contributed by atoms with Gasteiger partial charge in [0, 0.05) is 11.1 Å². The van der Waals surface area contributed by atoms with Crippen LogP contribution >= 0.6 is 0 Å². The molecular formula is C32H12N10. The molecule has 3 heterocycles. The Morgan fingerprint density at radius 1 is 0.476 bits per heavy atom. The molecule has 0 radical (unpaired) electrons. The Bertz CT molecular complexity index is 2270. The van der Waals surface area contributed by atoms with Crippen molar-refractivity contribution in [3.8, 4) is 34.4 Å². The van der Waals surface area contributed by atoms with Gasteiger partial charge in [0.25, 0.3) is 11.6 Å². The molecule has 190 valence electrons. The molecule has 0 spiro atoms. The molecule has 0 unspecified atom stereocenters. The molecule has 0 aliphatic carbocycles. The van der Waals surface area contributed by atoms with Crippen LogP contribution in [0.15, 0.2) is 72.8 Å². The van der Waals surface area contributed by atoms with Gasteiger partial charge in [-0.3, -0.25) is 0 Å². The first-order valence-electron chi connectivity index (χ1n) is 12.5. The van der Waals surface area contributed by atoms with E-state index in [-0.39, 0.29) is 56.1 Å². The summed E-state index contributed by atoms with van der Waals surface area (Å²) in [7, 11) is 0. The summed E-state index contributed by atoms with van der Waals surface area (Å²) in [6.07, 6.45) is 0. The molecule has 42 heavy (non-hydrogen) atoms. The van der Waals surface area contributed by atoms with Gasteiger partial charge in [0.15, 0.2) is 12.1 Å². The lowest BCUT2D eigenvalue weighted by Gasteiger charge is -2.15. The first-order chi connectivity index (χ1) is 20.6. The summed E-state index contributed by atoms with van der Waals surface area (Å²) < 4.78 is 0. The van der Waals surface area contributed by atoms with Crippen LogP contribution in [-0.4, -0.2) is 29.9 Å². The number of nitrogens with zero attached hydrogens (tertiary/aromatic N) is 10. The van der Waals surface area contributed by atoms with Crippen molar-refractivity contribution < 1.29 is 0 Å². The third-order valence-corrected chi connectivity index (χ3v) is 6.88. The maximum absolute atomic E-state index is 9.61. The van der Waals surface area contributed by atoms with E-state index >= 15 is 0 Å². The first-order valence-corrected chi connectivity index (χ1v) is 12.5. The van der Waals surface area contributed by atoms with Crippen molar-refractivity contribution >= 4 is 55.5 Å². The molecule has 0 saturated heterocycles. The Morgan fingerprint density at radius 3 is 1.21 bits per heavy atom. The SMILES string of the molecule is [C-]#[N+]c1nc(C#N)nc2c3nc(C#N)nc([N+]#[C-])c3c3nc4c(-c5ccccc5)ccc(-c5ccccc5)c4nc3c12. The largest absolute Gasteiger partial charge is 0.360 e. The van der Waals surface area contributed by atoms with Gasteiger partial charge in [0.1, 0.15) is 0 Å². The maximum atomic E-state index is 9.61. The fraction of sp³-hybridized carbons (Fsp3) is 0. The predicted molar refractivity (Wildman–Crippen MR) is 156 cm³/mol. The third kappa shape index (κ3) is 3.55. The molecule has 0 amide bonds. The van der Waals surface area contributed by atoms with Crippen molar-refractivity contribution in [2.45, 2.75) is 0 Å². The van der Waals surface area contributed by atoms with Crippen LogP contribution in [0.25, 0.3) is 75.8 Å². The summed E-state index contributed by atoms with van der Waals surface area (Å²) in [5, 5.41) is 19.7. The van der Waals surface area contributed by atoms with Gasteiger partial charge in [-0.25, -0.2) is 9.97 Å². The van der Waals surface area contributed by atoms with E-state index in [1.807, 2.05) is 84.9 Å². The summed E-state index contributed by atoms with van der Waals surface area (Å²) >= 11 is 0. The molecule has 3 aromatic heterocycles. The summed E-state index contributed by atoms with van der Waals surface area (Å²) in [5.74, 6) is -0.723. The minimum Gasteiger partial charge on any atom is -0.360 e. The number of nitriles is 2. The number of benzene rings is 4. The van der Waals surface area contributed by atoms with Crippen molar-refractivity contribution in [1.29, 1.82) is 10.5 Å². The van der Waals surface area contributed by atoms with E-state index in [1.165, 1.54) is 0 Å². The zero-order chi connectivity index (χ0) is 28.8. The average molecular weight is 537 g/mol. The Kier molecular flexibility index (Phi) is 5.41. The summed E-state index contributed by atoms with van der Waals surface area (Å²) in [6.45, 7) is 15.7. The molecule has 0 aliphatic heterocycles. The fourth-order valence-corrected chi connectivity index (χ4v) is 5.12. The van der Waals surface area contributed by atoms with E-state index in [2.05, 4.69) is 29.6 Å². The molecule has 0 bridgehead atoms. The van der Waals surface area contributed by atoms with Crippen molar-refractivity contribution in [3.05, 3.63) is 107 Å². The Morgan fingerprint density at radius 2 is 0.857 bits per heavy atom. The highest BCUT2D eigenvalue weighted by atomic mass is 15.0. The number of hydrogen-bond acceptors (Lipinski definition) is 8. The molecule has 0 saturated carbocycles. The molecule has 4 aromatic carbocycles. The highest BCUT2D eigenvalue weighted by molar-refractivity contribution is 6.27. The number of aromatic nitrogens is 6. The zero-order valence-corrected chi connectivity index (χ0v) is 21.4. The second-order valence-corrected chi connectivity index (χ2v) is 9.15. The third-order valence-electron chi connectivity index (χ3n) is 6.88. The summed E-state index contributed by atoms with van der Waals surface area (Å²) in [6, 6.07) is 27.2. The first kappa shape index (κ1) is 24.2. The van der Waals surface area contributed by atoms with Crippen LogP contribution in [0.4, 0.5) is 11.6 Å². The molecule has 10 heteroatoms. The van der Waals surface area contributed by atoms with E-state index in [9.17, 15) is 10.5 Å². The lowest BCUT2D eigenvalue weighted by Crippen LogP contribution is -2.01. The molecule has 7 rings (SSSR count). The van der Waals surface area contributed by atoms with Gasteiger partial charge < -0.3 is 9.69 Å². The van der Waals surface area contributed by atoms with Crippen molar-refractivity contribution in [2.75, 3.05) is 0 Å². The second kappa shape index (κ2) is 9.39. The highest BCUT2D eigenvalue weighted by Gasteiger charge is 2.25. The van der Waals surface area contributed by atoms with E-state index in [1.54, 1.807) is 0 Å². The monoisotopic (exact) mass is 536 g/mol. The zero-order valence-electron chi connectivity index (χ0n) is 21.4. The van der Waals surface area contributed by atoms with Crippen molar-refractivity contribution in [1.82, 2.24) is 29.9 Å².